The van der Waals surface area contributed by atoms with E-state index in [-0.39, 0.29) is 17.1 Å². The van der Waals surface area contributed by atoms with Crippen LogP contribution in [-0.2, 0) is 28.2 Å². The van der Waals surface area contributed by atoms with Crippen molar-refractivity contribution in [1.29, 1.82) is 0 Å². The van der Waals surface area contributed by atoms with Crippen molar-refractivity contribution in [2.24, 2.45) is 0 Å². The van der Waals surface area contributed by atoms with Crippen molar-refractivity contribution >= 4 is 25.4 Å². The number of nitrogens with zero attached hydrogens (tertiary/aromatic N) is 3. The average molecular weight is 441 g/mol. The van der Waals surface area contributed by atoms with Gasteiger partial charge in [0.25, 0.3) is 0 Å². The zero-order valence-electron chi connectivity index (χ0n) is 16.7. The van der Waals surface area contributed by atoms with E-state index < -0.39 is 20.1 Å². The highest BCUT2D eigenvalue weighted by Crippen LogP contribution is 2.37. The van der Waals surface area contributed by atoms with Gasteiger partial charge in [0.2, 0.25) is 17.9 Å². The van der Waals surface area contributed by atoms with Gasteiger partial charge in [0.05, 0.1) is 5.70 Å². The molecule has 4 aliphatic rings. The van der Waals surface area contributed by atoms with Crippen LogP contribution in [-0.4, -0.2) is 87.6 Å². The normalized spacial score (nSPS) is 20.9. The molecule has 0 bridgehead atoms. The van der Waals surface area contributed by atoms with E-state index in [1.807, 2.05) is 14.7 Å². The Hall–Kier alpha value is -2.46. The number of carbonyl (C=O) groups excluding carboxylic acids is 3. The van der Waals surface area contributed by atoms with Crippen LogP contribution in [0.4, 0.5) is 0 Å². The minimum atomic E-state index is -4.62. The molecule has 30 heavy (non-hydrogen) atoms. The summed E-state index contributed by atoms with van der Waals surface area (Å²) in [5.41, 5.74) is 2.01. The van der Waals surface area contributed by atoms with E-state index in [0.717, 1.165) is 39.3 Å². The van der Waals surface area contributed by atoms with E-state index in [2.05, 4.69) is 15.8 Å². The van der Waals surface area contributed by atoms with Crippen LogP contribution in [0.1, 0.15) is 13.8 Å². The zero-order valence-corrected chi connectivity index (χ0v) is 17.6. The molecule has 3 fully saturated rings. The molecule has 0 radical (unpaired) electrons. The molecular formula is C18H24N3O8P. The molecule has 1 aliphatic carbocycles. The largest absolute Gasteiger partial charge is 0.472 e. The molecule has 0 amide bonds. The van der Waals surface area contributed by atoms with E-state index in [1.165, 1.54) is 19.9 Å². The molecule has 11 nitrogen and oxygen atoms in total. The fourth-order valence-corrected chi connectivity index (χ4v) is 3.17. The maximum atomic E-state index is 12.4. The van der Waals surface area contributed by atoms with Gasteiger partial charge in [-0.1, -0.05) is 6.58 Å². The summed E-state index contributed by atoms with van der Waals surface area (Å²) in [7, 11) is -4.62. The van der Waals surface area contributed by atoms with Crippen LogP contribution in [0.25, 0.3) is 0 Å². The fourth-order valence-electron chi connectivity index (χ4n) is 2.74. The topological polar surface area (TPSA) is 136 Å². The fraction of sp³-hybridized carbons (Fsp3) is 0.500. The van der Waals surface area contributed by atoms with Crippen LogP contribution < -0.4 is 0 Å². The van der Waals surface area contributed by atoms with Gasteiger partial charge in [-0.3, -0.25) is 9.59 Å². The number of allylic oxidation sites excluding steroid dienone is 1. The Morgan fingerprint density at radius 2 is 1.57 bits per heavy atom. The van der Waals surface area contributed by atoms with E-state index >= 15 is 0 Å². The monoisotopic (exact) mass is 441 g/mol. The molecular weight excluding hydrogens is 417 g/mol. The van der Waals surface area contributed by atoms with Crippen LogP contribution in [0.15, 0.2) is 35.3 Å². The van der Waals surface area contributed by atoms with Crippen LogP contribution in [0, 0.1) is 0 Å². The number of hydrogen-bond acceptors (Lipinski definition) is 9. The highest BCUT2D eigenvalue weighted by atomic mass is 31.2. The number of carbonyl (C=O) groups is 3. The summed E-state index contributed by atoms with van der Waals surface area (Å²) in [6, 6.07) is 0. The number of ketones is 2. The maximum absolute atomic E-state index is 12.4. The molecule has 0 aromatic carbocycles. The Morgan fingerprint density at radius 1 is 1.07 bits per heavy atom. The molecule has 1 unspecified atom stereocenters. The third kappa shape index (κ3) is 5.79. The van der Waals surface area contributed by atoms with E-state index in [9.17, 15) is 18.9 Å². The van der Waals surface area contributed by atoms with E-state index in [0.29, 0.717) is 17.1 Å². The van der Waals surface area contributed by atoms with Crippen molar-refractivity contribution in [3.8, 4) is 0 Å². The first-order chi connectivity index (χ1) is 14.0. The molecule has 4 rings (SSSR count). The summed E-state index contributed by atoms with van der Waals surface area (Å²) in [4.78, 5) is 57.9. The van der Waals surface area contributed by atoms with Crippen molar-refractivity contribution in [3.05, 3.63) is 35.3 Å². The number of phosphoric acid groups is 1. The Labute approximate surface area is 173 Å². The smallest absolute Gasteiger partial charge is 0.432 e. The zero-order chi connectivity index (χ0) is 22.2. The predicted molar refractivity (Wildman–Crippen MR) is 103 cm³/mol. The molecule has 2 N–H and O–H groups in total. The first kappa shape index (κ1) is 22.2. The standard InChI is InChI=1S/C12H13N3O2.C6H11O6P/c16-9-7-8(13-1-2-13)12(17)11(15-5-6-15)10(9)14-3-4-14;1-4(2)6(7)11-5(3)12-13(8,9)10/h7H,1-6H2;5H,1H2,2-3H3,(H2,8,9,10). The van der Waals surface area contributed by atoms with Gasteiger partial charge in [0.1, 0.15) is 11.4 Å². The lowest BCUT2D eigenvalue weighted by molar-refractivity contribution is -0.157. The van der Waals surface area contributed by atoms with Gasteiger partial charge in [-0.25, -0.2) is 13.9 Å². The highest BCUT2D eigenvalue weighted by molar-refractivity contribution is 7.46. The third-order valence-corrected chi connectivity index (χ3v) is 4.97. The number of esters is 1. The van der Waals surface area contributed by atoms with Crippen molar-refractivity contribution in [2.75, 3.05) is 39.3 Å². The van der Waals surface area contributed by atoms with Gasteiger partial charge in [0.15, 0.2) is 0 Å². The molecule has 0 aromatic heterocycles. The van der Waals surface area contributed by atoms with Crippen molar-refractivity contribution in [1.82, 2.24) is 14.7 Å². The van der Waals surface area contributed by atoms with Gasteiger partial charge in [0, 0.05) is 50.9 Å². The van der Waals surface area contributed by atoms with Crippen LogP contribution in [0.3, 0.4) is 0 Å². The van der Waals surface area contributed by atoms with Gasteiger partial charge >= 0.3 is 13.8 Å². The van der Waals surface area contributed by atoms with Crippen molar-refractivity contribution < 1.29 is 38.0 Å². The van der Waals surface area contributed by atoms with Gasteiger partial charge in [-0.2, -0.15) is 0 Å². The van der Waals surface area contributed by atoms with E-state index in [1.54, 1.807) is 0 Å². The van der Waals surface area contributed by atoms with Gasteiger partial charge < -0.3 is 29.2 Å². The lowest BCUT2D eigenvalue weighted by atomic mass is 10.0. The highest BCUT2D eigenvalue weighted by Gasteiger charge is 2.43. The lowest BCUT2D eigenvalue weighted by Crippen LogP contribution is -2.29. The lowest BCUT2D eigenvalue weighted by Gasteiger charge is -2.21. The summed E-state index contributed by atoms with van der Waals surface area (Å²) in [5.74, 6) is -0.714. The first-order valence-corrected chi connectivity index (χ1v) is 10.9. The Morgan fingerprint density at radius 3 is 2.00 bits per heavy atom. The molecule has 3 aliphatic heterocycles. The van der Waals surface area contributed by atoms with E-state index in [4.69, 9.17) is 9.79 Å². The second-order valence-electron chi connectivity index (χ2n) is 7.23. The number of rotatable bonds is 7. The Bertz CT molecular complexity index is 893. The predicted octanol–water partition coefficient (Wildman–Crippen LogP) is -0.258. The Kier molecular flexibility index (Phi) is 6.19. The molecule has 0 saturated carbocycles. The van der Waals surface area contributed by atoms with Gasteiger partial charge in [-0.05, 0) is 13.8 Å². The minimum absolute atomic E-state index is 0.00546. The third-order valence-electron chi connectivity index (χ3n) is 4.40. The number of hydrogen-bond donors (Lipinski definition) is 2. The minimum Gasteiger partial charge on any atom is -0.432 e. The number of phosphoric ester groups is 1. The number of ether oxygens (including phenoxy) is 1. The molecule has 12 heteroatoms. The average Bonchev–Trinajstić information content (AvgIpc) is 3.44. The summed E-state index contributed by atoms with van der Waals surface area (Å²) < 4.78 is 18.7. The summed E-state index contributed by atoms with van der Waals surface area (Å²) in [6.07, 6.45) is 0.223. The quantitative estimate of drug-likeness (QED) is 0.135. The molecule has 3 heterocycles. The van der Waals surface area contributed by atoms with Crippen molar-refractivity contribution in [2.45, 2.75) is 20.1 Å². The second kappa shape index (κ2) is 8.35. The molecule has 0 spiro atoms. The number of Topliss-reactive ketones (excluding diaryl/α,β-unsaturated/α-hetero) is 1. The summed E-state index contributed by atoms with van der Waals surface area (Å²) >= 11 is 0. The molecule has 164 valence electrons. The van der Waals surface area contributed by atoms with Crippen LogP contribution >= 0.6 is 7.82 Å². The Balaban J connectivity index is 0.000000180. The summed E-state index contributed by atoms with van der Waals surface area (Å²) in [6.45, 7) is 11.3. The SMILES string of the molecule is C=C(C)C(=O)OC(C)OP(=O)(O)O.O=C1C=C(N2CC2)C(=O)C(N2CC2)=C1N1CC1. The van der Waals surface area contributed by atoms with Gasteiger partial charge in [-0.15, -0.1) is 0 Å². The second-order valence-corrected chi connectivity index (χ2v) is 8.42. The summed E-state index contributed by atoms with van der Waals surface area (Å²) in [5, 5.41) is 0. The maximum Gasteiger partial charge on any atom is 0.472 e. The molecule has 1 atom stereocenters. The first-order valence-electron chi connectivity index (χ1n) is 9.38. The molecule has 3 saturated heterocycles. The molecule has 0 aromatic rings. The van der Waals surface area contributed by atoms with Crippen molar-refractivity contribution in [3.63, 3.8) is 0 Å². The van der Waals surface area contributed by atoms with Crippen LogP contribution in [0.5, 0.6) is 0 Å². The van der Waals surface area contributed by atoms with Crippen LogP contribution in [0.2, 0.25) is 0 Å².